The second-order valence-electron chi connectivity index (χ2n) is 6.71. The molecule has 0 radical (unpaired) electrons. The van der Waals surface area contributed by atoms with Gasteiger partial charge < -0.3 is 15.2 Å². The predicted octanol–water partition coefficient (Wildman–Crippen LogP) is 3.60. The molecule has 144 valence electrons. The highest BCUT2D eigenvalue weighted by Crippen LogP contribution is 2.39. The lowest BCUT2D eigenvalue weighted by Crippen LogP contribution is -2.00. The van der Waals surface area contributed by atoms with Gasteiger partial charge in [0.05, 0.1) is 22.2 Å². The molecule has 1 fully saturated rings. The second kappa shape index (κ2) is 8.10. The number of aliphatic hydroxyl groups is 1. The van der Waals surface area contributed by atoms with Crippen molar-refractivity contribution < 1.29 is 9.84 Å². The van der Waals surface area contributed by atoms with Crippen LogP contribution in [0.1, 0.15) is 47.4 Å². The van der Waals surface area contributed by atoms with Gasteiger partial charge in [0.25, 0.3) is 0 Å². The zero-order valence-corrected chi connectivity index (χ0v) is 16.3. The normalized spacial score (nSPS) is 14.6. The molecule has 3 N–H and O–H groups in total. The van der Waals surface area contributed by atoms with Crippen molar-refractivity contribution in [2.75, 3.05) is 19.0 Å². The van der Waals surface area contributed by atoms with Gasteiger partial charge in [-0.05, 0) is 25.0 Å². The molecule has 1 saturated carbocycles. The van der Waals surface area contributed by atoms with Crippen LogP contribution in [0, 0.1) is 12.3 Å². The van der Waals surface area contributed by atoms with E-state index in [4.69, 9.17) is 11.2 Å². The third kappa shape index (κ3) is 4.07. The molecule has 7 nitrogen and oxygen atoms in total. The fraction of sp³-hybridized carbons (Fsp3) is 0.350. The van der Waals surface area contributed by atoms with Gasteiger partial charge in [-0.2, -0.15) is 5.10 Å². The predicted molar refractivity (Wildman–Crippen MR) is 109 cm³/mol. The van der Waals surface area contributed by atoms with Crippen molar-refractivity contribution >= 4 is 23.0 Å². The van der Waals surface area contributed by atoms with Crippen LogP contribution >= 0.6 is 11.3 Å². The van der Waals surface area contributed by atoms with Crippen LogP contribution in [-0.4, -0.2) is 39.0 Å². The van der Waals surface area contributed by atoms with Gasteiger partial charge in [-0.15, -0.1) is 17.8 Å². The molecule has 0 aliphatic heterocycles. The van der Waals surface area contributed by atoms with Crippen LogP contribution in [0.3, 0.4) is 0 Å². The third-order valence-electron chi connectivity index (χ3n) is 4.56. The first-order valence-corrected chi connectivity index (χ1v) is 9.92. The number of hydrogen-bond acceptors (Lipinski definition) is 7. The molecule has 3 aromatic heterocycles. The standard InChI is InChI=1S/C20H21N5O2S/c1-3-12-11-21-20(17-7-6-16(28-17)15(26)8-9-27-2)23-19(12)22-18-10-14(24-25-18)13-4-5-13/h1,6-7,10-11,13,15,26H,4-5,8-9H2,2H3,(H2,21,22,23,24,25). The van der Waals surface area contributed by atoms with Gasteiger partial charge in [-0.3, -0.25) is 5.10 Å². The van der Waals surface area contributed by atoms with Gasteiger partial charge in [-0.1, -0.05) is 5.92 Å². The fourth-order valence-corrected chi connectivity index (χ4v) is 3.81. The summed E-state index contributed by atoms with van der Waals surface area (Å²) in [6.45, 7) is 0.503. The van der Waals surface area contributed by atoms with Crippen molar-refractivity contribution in [1.82, 2.24) is 20.2 Å². The Morgan fingerprint density at radius 3 is 3.07 bits per heavy atom. The van der Waals surface area contributed by atoms with Gasteiger partial charge in [0.15, 0.2) is 11.6 Å². The number of nitrogens with zero attached hydrogens (tertiary/aromatic N) is 3. The Morgan fingerprint density at radius 1 is 1.46 bits per heavy atom. The summed E-state index contributed by atoms with van der Waals surface area (Å²) in [5, 5.41) is 20.8. The first-order chi connectivity index (χ1) is 13.7. The zero-order valence-electron chi connectivity index (χ0n) is 15.5. The van der Waals surface area contributed by atoms with Gasteiger partial charge in [0.2, 0.25) is 0 Å². The molecule has 0 amide bonds. The van der Waals surface area contributed by atoms with E-state index in [9.17, 15) is 5.11 Å². The molecule has 0 aromatic carbocycles. The smallest absolute Gasteiger partial charge is 0.171 e. The molecule has 3 heterocycles. The summed E-state index contributed by atoms with van der Waals surface area (Å²) in [5.74, 6) is 5.03. The average Bonchev–Trinajstić information content (AvgIpc) is 3.25. The number of nitrogens with one attached hydrogen (secondary N) is 2. The first kappa shape index (κ1) is 18.6. The lowest BCUT2D eigenvalue weighted by molar-refractivity contribution is 0.113. The molecule has 8 heteroatoms. The summed E-state index contributed by atoms with van der Waals surface area (Å²) in [6, 6.07) is 5.80. The molecule has 1 aliphatic carbocycles. The van der Waals surface area contributed by atoms with Gasteiger partial charge >= 0.3 is 0 Å². The fourth-order valence-electron chi connectivity index (χ4n) is 2.84. The number of ether oxygens (including phenoxy) is 1. The molecule has 3 aromatic rings. The average molecular weight is 395 g/mol. The van der Waals surface area contributed by atoms with E-state index < -0.39 is 6.10 Å². The Labute approximate surface area is 167 Å². The Bertz CT molecular complexity index is 1000. The van der Waals surface area contributed by atoms with Crippen molar-refractivity contribution in [1.29, 1.82) is 0 Å². The SMILES string of the molecule is C#Cc1cnc(-c2ccc(C(O)CCOC)s2)nc1Nc1cc(C2CC2)n[nH]1. The lowest BCUT2D eigenvalue weighted by Gasteiger charge is -2.08. The van der Waals surface area contributed by atoms with Crippen molar-refractivity contribution in [2.24, 2.45) is 0 Å². The number of H-pyrrole nitrogens is 1. The molecular formula is C20H21N5O2S. The lowest BCUT2D eigenvalue weighted by atomic mass is 10.2. The van der Waals surface area contributed by atoms with E-state index in [1.807, 2.05) is 18.2 Å². The minimum atomic E-state index is -0.563. The molecule has 0 spiro atoms. The summed E-state index contributed by atoms with van der Waals surface area (Å²) >= 11 is 1.46. The number of thiophene rings is 1. The highest BCUT2D eigenvalue weighted by Gasteiger charge is 2.26. The number of methoxy groups -OCH3 is 1. The number of aromatic amines is 1. The van der Waals surface area contributed by atoms with Gasteiger partial charge in [0, 0.05) is 43.2 Å². The monoisotopic (exact) mass is 395 g/mol. The zero-order chi connectivity index (χ0) is 19.5. The summed E-state index contributed by atoms with van der Waals surface area (Å²) in [7, 11) is 1.62. The summed E-state index contributed by atoms with van der Waals surface area (Å²) in [6.07, 6.45) is 9.60. The molecule has 1 unspecified atom stereocenters. The maximum absolute atomic E-state index is 10.2. The van der Waals surface area contributed by atoms with Crippen LogP contribution in [0.2, 0.25) is 0 Å². The Morgan fingerprint density at radius 2 is 2.32 bits per heavy atom. The Hall–Kier alpha value is -2.73. The van der Waals surface area contributed by atoms with Crippen LogP contribution in [0.25, 0.3) is 10.7 Å². The highest BCUT2D eigenvalue weighted by atomic mass is 32.1. The van der Waals surface area contributed by atoms with Crippen molar-refractivity contribution in [3.05, 3.63) is 40.5 Å². The van der Waals surface area contributed by atoms with E-state index >= 15 is 0 Å². The van der Waals surface area contributed by atoms with Crippen molar-refractivity contribution in [3.8, 4) is 23.0 Å². The van der Waals surface area contributed by atoms with Crippen molar-refractivity contribution in [2.45, 2.75) is 31.3 Å². The first-order valence-electron chi connectivity index (χ1n) is 9.11. The second-order valence-corrected chi connectivity index (χ2v) is 7.82. The Balaban J connectivity index is 1.56. The molecular weight excluding hydrogens is 374 g/mol. The number of aliphatic hydroxyl groups excluding tert-OH is 1. The number of hydrogen-bond donors (Lipinski definition) is 3. The number of anilines is 2. The quantitative estimate of drug-likeness (QED) is 0.504. The maximum Gasteiger partial charge on any atom is 0.171 e. The number of terminal acetylenes is 1. The van der Waals surface area contributed by atoms with Crippen molar-refractivity contribution in [3.63, 3.8) is 0 Å². The van der Waals surface area contributed by atoms with E-state index in [1.54, 1.807) is 13.3 Å². The molecule has 1 aliphatic rings. The molecule has 4 rings (SSSR count). The van der Waals surface area contributed by atoms with Crippen LogP contribution in [0.5, 0.6) is 0 Å². The van der Waals surface area contributed by atoms with E-state index in [1.165, 1.54) is 24.2 Å². The molecule has 28 heavy (non-hydrogen) atoms. The third-order valence-corrected chi connectivity index (χ3v) is 5.74. The van der Waals surface area contributed by atoms with Crippen LogP contribution < -0.4 is 5.32 Å². The topological polar surface area (TPSA) is 96.0 Å². The van der Waals surface area contributed by atoms with Crippen LogP contribution in [-0.2, 0) is 4.74 Å². The molecule has 1 atom stereocenters. The van der Waals surface area contributed by atoms with Gasteiger partial charge in [0.1, 0.15) is 5.82 Å². The summed E-state index contributed by atoms with van der Waals surface area (Å²) < 4.78 is 5.03. The highest BCUT2D eigenvalue weighted by molar-refractivity contribution is 7.15. The maximum atomic E-state index is 10.2. The minimum absolute atomic E-state index is 0.503. The minimum Gasteiger partial charge on any atom is -0.387 e. The van der Waals surface area contributed by atoms with E-state index in [-0.39, 0.29) is 0 Å². The Kier molecular flexibility index (Phi) is 5.39. The summed E-state index contributed by atoms with van der Waals surface area (Å²) in [5.41, 5.74) is 1.63. The molecule has 0 bridgehead atoms. The van der Waals surface area contributed by atoms with E-state index in [0.29, 0.717) is 36.2 Å². The number of rotatable bonds is 8. The van der Waals surface area contributed by atoms with Gasteiger partial charge in [-0.25, -0.2) is 9.97 Å². The van der Waals surface area contributed by atoms with Crippen LogP contribution in [0.4, 0.5) is 11.6 Å². The van der Waals surface area contributed by atoms with E-state index in [2.05, 4.69) is 31.4 Å². The van der Waals surface area contributed by atoms with E-state index in [0.717, 1.165) is 21.3 Å². The number of aromatic nitrogens is 4. The summed E-state index contributed by atoms with van der Waals surface area (Å²) in [4.78, 5) is 10.7. The largest absolute Gasteiger partial charge is 0.387 e. The van der Waals surface area contributed by atoms with Crippen LogP contribution in [0.15, 0.2) is 24.4 Å². The molecule has 0 saturated heterocycles.